The van der Waals surface area contributed by atoms with Crippen LogP contribution in [0.15, 0.2) is 23.2 Å². The molecule has 0 atom stereocenters. The SMILES string of the molecule is CCc1nc(CCNC(=NC)NCc2ccc(F)c(C)c2)sc1C. The van der Waals surface area contributed by atoms with Crippen LogP contribution in [0.1, 0.15) is 33.6 Å². The minimum absolute atomic E-state index is 0.175. The Kier molecular flexibility index (Phi) is 6.73. The fourth-order valence-electron chi connectivity index (χ4n) is 2.43. The van der Waals surface area contributed by atoms with Crippen molar-refractivity contribution in [2.45, 2.75) is 40.2 Å². The van der Waals surface area contributed by atoms with Crippen molar-refractivity contribution in [3.63, 3.8) is 0 Å². The molecule has 24 heavy (non-hydrogen) atoms. The maximum absolute atomic E-state index is 13.3. The van der Waals surface area contributed by atoms with Crippen molar-refractivity contribution in [3.8, 4) is 0 Å². The molecule has 0 saturated carbocycles. The van der Waals surface area contributed by atoms with Gasteiger partial charge in [0, 0.05) is 31.4 Å². The Balaban J connectivity index is 1.80. The third-order valence-corrected chi connectivity index (χ3v) is 4.88. The van der Waals surface area contributed by atoms with Crippen LogP contribution in [0, 0.1) is 19.7 Å². The van der Waals surface area contributed by atoms with E-state index in [0.29, 0.717) is 12.1 Å². The summed E-state index contributed by atoms with van der Waals surface area (Å²) in [5.41, 5.74) is 2.88. The highest BCUT2D eigenvalue weighted by Gasteiger charge is 2.06. The van der Waals surface area contributed by atoms with Crippen molar-refractivity contribution in [1.82, 2.24) is 15.6 Å². The molecule has 0 radical (unpaired) electrons. The van der Waals surface area contributed by atoms with Crippen molar-refractivity contribution in [2.75, 3.05) is 13.6 Å². The molecule has 0 spiro atoms. The lowest BCUT2D eigenvalue weighted by Gasteiger charge is -2.12. The molecule has 1 aromatic carbocycles. The second-order valence-electron chi connectivity index (χ2n) is 5.65. The molecule has 130 valence electrons. The molecule has 0 unspecified atom stereocenters. The van der Waals surface area contributed by atoms with Crippen LogP contribution in [0.2, 0.25) is 0 Å². The lowest BCUT2D eigenvalue weighted by atomic mass is 10.1. The smallest absolute Gasteiger partial charge is 0.191 e. The van der Waals surface area contributed by atoms with E-state index in [1.165, 1.54) is 16.6 Å². The standard InChI is InChI=1S/C18H25FN4S/c1-5-16-13(3)24-17(23-16)8-9-21-18(20-4)22-11-14-6-7-15(19)12(2)10-14/h6-7,10H,5,8-9,11H2,1-4H3,(H2,20,21,22). The van der Waals surface area contributed by atoms with E-state index < -0.39 is 0 Å². The van der Waals surface area contributed by atoms with Gasteiger partial charge in [0.1, 0.15) is 5.82 Å². The summed E-state index contributed by atoms with van der Waals surface area (Å²) in [4.78, 5) is 10.2. The van der Waals surface area contributed by atoms with E-state index in [4.69, 9.17) is 0 Å². The maximum Gasteiger partial charge on any atom is 0.191 e. The number of rotatable bonds is 6. The molecule has 2 N–H and O–H groups in total. The normalized spacial score (nSPS) is 11.6. The molecular formula is C18H25FN4S. The molecule has 2 aromatic rings. The van der Waals surface area contributed by atoms with E-state index in [1.54, 1.807) is 31.4 Å². The predicted octanol–water partition coefficient (Wildman–Crippen LogP) is 3.37. The van der Waals surface area contributed by atoms with Gasteiger partial charge < -0.3 is 10.6 Å². The van der Waals surface area contributed by atoms with Crippen molar-refractivity contribution in [1.29, 1.82) is 0 Å². The first-order chi connectivity index (χ1) is 11.5. The third-order valence-electron chi connectivity index (χ3n) is 3.81. The van der Waals surface area contributed by atoms with Crippen LogP contribution in [-0.2, 0) is 19.4 Å². The number of aryl methyl sites for hydroxylation is 3. The van der Waals surface area contributed by atoms with Crippen LogP contribution in [0.4, 0.5) is 4.39 Å². The van der Waals surface area contributed by atoms with Crippen molar-refractivity contribution in [3.05, 3.63) is 50.7 Å². The summed E-state index contributed by atoms with van der Waals surface area (Å²) in [6, 6.07) is 5.13. The number of benzene rings is 1. The second-order valence-corrected chi connectivity index (χ2v) is 6.94. The van der Waals surface area contributed by atoms with Crippen molar-refractivity contribution >= 4 is 17.3 Å². The summed E-state index contributed by atoms with van der Waals surface area (Å²) in [6.45, 7) is 7.41. The monoisotopic (exact) mass is 348 g/mol. The quantitative estimate of drug-likeness (QED) is 0.622. The minimum Gasteiger partial charge on any atom is -0.356 e. The first-order valence-corrected chi connectivity index (χ1v) is 8.99. The lowest BCUT2D eigenvalue weighted by molar-refractivity contribution is 0.617. The number of hydrogen-bond donors (Lipinski definition) is 2. The summed E-state index contributed by atoms with van der Waals surface area (Å²) in [6.07, 6.45) is 1.86. The van der Waals surface area contributed by atoms with E-state index in [2.05, 4.69) is 34.5 Å². The van der Waals surface area contributed by atoms with Gasteiger partial charge in [-0.2, -0.15) is 0 Å². The van der Waals surface area contributed by atoms with Gasteiger partial charge in [-0.3, -0.25) is 4.99 Å². The first-order valence-electron chi connectivity index (χ1n) is 8.18. The topological polar surface area (TPSA) is 49.3 Å². The second kappa shape index (κ2) is 8.78. The largest absolute Gasteiger partial charge is 0.356 e. The van der Waals surface area contributed by atoms with Gasteiger partial charge in [-0.1, -0.05) is 19.1 Å². The van der Waals surface area contributed by atoms with Crippen LogP contribution in [0.25, 0.3) is 0 Å². The van der Waals surface area contributed by atoms with Gasteiger partial charge in [0.15, 0.2) is 5.96 Å². The number of hydrogen-bond acceptors (Lipinski definition) is 3. The Bertz CT molecular complexity index is 709. The molecule has 1 aromatic heterocycles. The molecule has 0 aliphatic rings. The molecule has 1 heterocycles. The van der Waals surface area contributed by atoms with Crippen LogP contribution in [-0.4, -0.2) is 24.5 Å². The molecule has 4 nitrogen and oxygen atoms in total. The zero-order valence-corrected chi connectivity index (χ0v) is 15.6. The molecule has 0 fully saturated rings. The third kappa shape index (κ3) is 5.03. The van der Waals surface area contributed by atoms with E-state index in [-0.39, 0.29) is 5.82 Å². The molecule has 0 saturated heterocycles. The minimum atomic E-state index is -0.175. The summed E-state index contributed by atoms with van der Waals surface area (Å²) in [5.74, 6) is 0.562. The van der Waals surface area contributed by atoms with E-state index in [0.717, 1.165) is 35.9 Å². The van der Waals surface area contributed by atoms with Crippen LogP contribution < -0.4 is 10.6 Å². The summed E-state index contributed by atoms with van der Waals surface area (Å²) >= 11 is 1.76. The Labute approximate surface area is 147 Å². The number of halogens is 1. The van der Waals surface area contributed by atoms with Gasteiger partial charge in [-0.15, -0.1) is 11.3 Å². The highest BCUT2D eigenvalue weighted by atomic mass is 32.1. The Hall–Kier alpha value is -1.95. The fraction of sp³-hybridized carbons (Fsp3) is 0.444. The van der Waals surface area contributed by atoms with E-state index in [9.17, 15) is 4.39 Å². The molecule has 0 amide bonds. The van der Waals surface area contributed by atoms with Gasteiger partial charge in [0.25, 0.3) is 0 Å². The number of aliphatic imine (C=N–C) groups is 1. The van der Waals surface area contributed by atoms with Gasteiger partial charge in [-0.05, 0) is 37.5 Å². The molecular weight excluding hydrogens is 323 g/mol. The van der Waals surface area contributed by atoms with Crippen LogP contribution >= 0.6 is 11.3 Å². The van der Waals surface area contributed by atoms with Gasteiger partial charge in [0.05, 0.1) is 10.7 Å². The molecule has 2 rings (SSSR count). The van der Waals surface area contributed by atoms with E-state index in [1.807, 2.05) is 6.07 Å². The lowest BCUT2D eigenvalue weighted by Crippen LogP contribution is -2.37. The molecule has 0 bridgehead atoms. The summed E-state index contributed by atoms with van der Waals surface area (Å²) in [7, 11) is 1.74. The number of nitrogens with zero attached hydrogens (tertiary/aromatic N) is 2. The number of guanidine groups is 1. The van der Waals surface area contributed by atoms with Crippen LogP contribution in [0.3, 0.4) is 0 Å². The van der Waals surface area contributed by atoms with Gasteiger partial charge in [0.2, 0.25) is 0 Å². The summed E-state index contributed by atoms with van der Waals surface area (Å²) < 4.78 is 13.3. The highest BCUT2D eigenvalue weighted by molar-refractivity contribution is 7.11. The number of nitrogens with one attached hydrogen (secondary N) is 2. The fourth-order valence-corrected chi connectivity index (χ4v) is 3.45. The number of aromatic nitrogens is 1. The van der Waals surface area contributed by atoms with Gasteiger partial charge >= 0.3 is 0 Å². The van der Waals surface area contributed by atoms with Crippen molar-refractivity contribution in [2.24, 2.45) is 4.99 Å². The average molecular weight is 348 g/mol. The summed E-state index contributed by atoms with van der Waals surface area (Å²) in [5, 5.41) is 7.69. The Morgan fingerprint density at radius 3 is 2.71 bits per heavy atom. The van der Waals surface area contributed by atoms with E-state index >= 15 is 0 Å². The first kappa shape index (κ1) is 18.4. The molecule has 0 aliphatic heterocycles. The zero-order chi connectivity index (χ0) is 17.5. The Morgan fingerprint density at radius 2 is 2.08 bits per heavy atom. The average Bonchev–Trinajstić information content (AvgIpc) is 2.93. The maximum atomic E-state index is 13.3. The Morgan fingerprint density at radius 1 is 1.29 bits per heavy atom. The van der Waals surface area contributed by atoms with Crippen LogP contribution in [0.5, 0.6) is 0 Å². The van der Waals surface area contributed by atoms with Gasteiger partial charge in [-0.25, -0.2) is 9.37 Å². The van der Waals surface area contributed by atoms with Crippen molar-refractivity contribution < 1.29 is 4.39 Å². The molecule has 0 aliphatic carbocycles. The predicted molar refractivity (Wildman–Crippen MR) is 99.3 cm³/mol. The zero-order valence-electron chi connectivity index (χ0n) is 14.7. The highest BCUT2D eigenvalue weighted by Crippen LogP contribution is 2.17. The molecule has 6 heteroatoms. The number of thiazole rings is 1.